The van der Waals surface area contributed by atoms with E-state index in [0.717, 1.165) is 4.90 Å². The Morgan fingerprint density at radius 3 is 2.70 bits per heavy atom. The molecule has 0 atom stereocenters. The molecule has 2 aromatic carbocycles. The molecule has 3 rings (SSSR count). The number of hydrogen-bond acceptors (Lipinski definition) is 4. The molecule has 1 saturated heterocycles. The van der Waals surface area contributed by atoms with Gasteiger partial charge in [0.25, 0.3) is 5.91 Å². The minimum Gasteiger partial charge on any atom is -0.493 e. The SMILES string of the molecule is CCOc1c(Br)cc(/C=C2/NC(=O)N(c3cccc(Cl)c3)C2=O)cc1OC. The number of urea groups is 1. The van der Waals surface area contributed by atoms with Crippen LogP contribution in [0, 0.1) is 0 Å². The van der Waals surface area contributed by atoms with E-state index in [0.29, 0.717) is 38.9 Å². The molecule has 0 saturated carbocycles. The summed E-state index contributed by atoms with van der Waals surface area (Å²) in [4.78, 5) is 26.0. The Kier molecular flexibility index (Phi) is 5.72. The van der Waals surface area contributed by atoms with Gasteiger partial charge in [-0.05, 0) is 64.8 Å². The number of nitrogens with zero attached hydrogens (tertiary/aromatic N) is 1. The van der Waals surface area contributed by atoms with Crippen LogP contribution in [-0.2, 0) is 4.79 Å². The second kappa shape index (κ2) is 8.02. The molecule has 0 unspecified atom stereocenters. The summed E-state index contributed by atoms with van der Waals surface area (Å²) in [5.74, 6) is 0.622. The molecule has 1 heterocycles. The number of carbonyl (C=O) groups is 2. The van der Waals surface area contributed by atoms with Gasteiger partial charge in [-0.15, -0.1) is 0 Å². The third-order valence-corrected chi connectivity index (χ3v) is 4.62. The van der Waals surface area contributed by atoms with Crippen molar-refractivity contribution < 1.29 is 19.1 Å². The largest absolute Gasteiger partial charge is 0.493 e. The summed E-state index contributed by atoms with van der Waals surface area (Å²) >= 11 is 9.40. The molecule has 27 heavy (non-hydrogen) atoms. The van der Waals surface area contributed by atoms with Gasteiger partial charge in [-0.3, -0.25) is 4.79 Å². The molecule has 0 spiro atoms. The molecule has 0 aromatic heterocycles. The lowest BCUT2D eigenvalue weighted by molar-refractivity contribution is -0.113. The van der Waals surface area contributed by atoms with Gasteiger partial charge in [0.2, 0.25) is 0 Å². The summed E-state index contributed by atoms with van der Waals surface area (Å²) in [6.45, 7) is 2.36. The summed E-state index contributed by atoms with van der Waals surface area (Å²) in [5.41, 5.74) is 1.22. The van der Waals surface area contributed by atoms with Crippen LogP contribution in [0.3, 0.4) is 0 Å². The molecule has 0 bridgehead atoms. The Morgan fingerprint density at radius 2 is 2.04 bits per heavy atom. The topological polar surface area (TPSA) is 67.9 Å². The Morgan fingerprint density at radius 1 is 1.26 bits per heavy atom. The molecular formula is C19H16BrClN2O4. The van der Waals surface area contributed by atoms with Gasteiger partial charge in [0.05, 0.1) is 23.9 Å². The van der Waals surface area contributed by atoms with E-state index in [1.54, 1.807) is 42.5 Å². The number of ether oxygens (including phenoxy) is 2. The van der Waals surface area contributed by atoms with E-state index >= 15 is 0 Å². The van der Waals surface area contributed by atoms with Crippen molar-refractivity contribution in [3.8, 4) is 11.5 Å². The highest BCUT2D eigenvalue weighted by Gasteiger charge is 2.35. The minimum absolute atomic E-state index is 0.151. The zero-order chi connectivity index (χ0) is 19.6. The molecule has 1 aliphatic rings. The number of rotatable bonds is 5. The van der Waals surface area contributed by atoms with Crippen LogP contribution in [0.4, 0.5) is 10.5 Å². The summed E-state index contributed by atoms with van der Waals surface area (Å²) in [7, 11) is 1.53. The van der Waals surface area contributed by atoms with Crippen molar-refractivity contribution >= 4 is 51.2 Å². The monoisotopic (exact) mass is 450 g/mol. The Balaban J connectivity index is 1.95. The molecule has 0 aliphatic carbocycles. The van der Waals surface area contributed by atoms with Gasteiger partial charge in [-0.2, -0.15) is 0 Å². The molecule has 1 N–H and O–H groups in total. The molecule has 1 aliphatic heterocycles. The lowest BCUT2D eigenvalue weighted by atomic mass is 10.1. The van der Waals surface area contributed by atoms with Gasteiger partial charge in [0, 0.05) is 5.02 Å². The van der Waals surface area contributed by atoms with E-state index < -0.39 is 11.9 Å². The summed E-state index contributed by atoms with van der Waals surface area (Å²) in [6, 6.07) is 9.51. The molecule has 0 radical (unpaired) electrons. The first kappa shape index (κ1) is 19.3. The number of nitrogens with one attached hydrogen (secondary N) is 1. The van der Waals surface area contributed by atoms with E-state index in [2.05, 4.69) is 21.2 Å². The maximum Gasteiger partial charge on any atom is 0.333 e. The van der Waals surface area contributed by atoms with Crippen LogP contribution in [0.2, 0.25) is 5.02 Å². The maximum atomic E-state index is 12.7. The van der Waals surface area contributed by atoms with E-state index in [1.807, 2.05) is 6.92 Å². The second-order valence-corrected chi connectivity index (χ2v) is 6.87. The summed E-state index contributed by atoms with van der Waals surface area (Å²) in [5, 5.41) is 3.02. The zero-order valence-electron chi connectivity index (χ0n) is 14.6. The van der Waals surface area contributed by atoms with Gasteiger partial charge >= 0.3 is 6.03 Å². The predicted octanol–water partition coefficient (Wildman–Crippen LogP) is 4.61. The fraction of sp³-hybridized carbons (Fsp3) is 0.158. The zero-order valence-corrected chi connectivity index (χ0v) is 16.9. The van der Waals surface area contributed by atoms with Gasteiger partial charge in [0.1, 0.15) is 5.70 Å². The number of amides is 3. The number of imide groups is 1. The van der Waals surface area contributed by atoms with Crippen LogP contribution in [0.25, 0.3) is 6.08 Å². The van der Waals surface area contributed by atoms with Crippen LogP contribution in [0.5, 0.6) is 11.5 Å². The number of benzene rings is 2. The van der Waals surface area contributed by atoms with Gasteiger partial charge in [-0.25, -0.2) is 9.69 Å². The van der Waals surface area contributed by atoms with E-state index in [-0.39, 0.29) is 5.70 Å². The number of anilines is 1. The highest BCUT2D eigenvalue weighted by atomic mass is 79.9. The average molecular weight is 452 g/mol. The lowest BCUT2D eigenvalue weighted by Crippen LogP contribution is -2.30. The maximum absolute atomic E-state index is 12.7. The fourth-order valence-corrected chi connectivity index (χ4v) is 3.42. The third-order valence-electron chi connectivity index (χ3n) is 3.80. The minimum atomic E-state index is -0.537. The van der Waals surface area contributed by atoms with Gasteiger partial charge in [-0.1, -0.05) is 17.7 Å². The third kappa shape index (κ3) is 3.94. The Hall–Kier alpha value is -2.51. The molecule has 8 heteroatoms. The molecule has 2 aromatic rings. The van der Waals surface area contributed by atoms with Crippen LogP contribution in [-0.4, -0.2) is 25.7 Å². The number of halogens is 2. The van der Waals surface area contributed by atoms with Gasteiger partial charge in [0.15, 0.2) is 11.5 Å². The quantitative estimate of drug-likeness (QED) is 0.532. The first-order valence-corrected chi connectivity index (χ1v) is 9.24. The fourth-order valence-electron chi connectivity index (χ4n) is 2.66. The van der Waals surface area contributed by atoms with E-state index in [1.165, 1.54) is 7.11 Å². The van der Waals surface area contributed by atoms with Crippen molar-refractivity contribution in [2.45, 2.75) is 6.92 Å². The van der Waals surface area contributed by atoms with E-state index in [9.17, 15) is 9.59 Å². The predicted molar refractivity (Wildman–Crippen MR) is 107 cm³/mol. The number of methoxy groups -OCH3 is 1. The highest BCUT2D eigenvalue weighted by Crippen LogP contribution is 2.37. The van der Waals surface area contributed by atoms with Crippen LogP contribution < -0.4 is 19.7 Å². The van der Waals surface area contributed by atoms with Crippen LogP contribution in [0.1, 0.15) is 12.5 Å². The molecule has 1 fully saturated rings. The highest BCUT2D eigenvalue weighted by molar-refractivity contribution is 9.10. The molecule has 6 nitrogen and oxygen atoms in total. The number of hydrogen-bond donors (Lipinski definition) is 1. The first-order valence-electron chi connectivity index (χ1n) is 8.07. The van der Waals surface area contributed by atoms with Crippen molar-refractivity contribution in [3.05, 3.63) is 57.2 Å². The Bertz CT molecular complexity index is 945. The molecular weight excluding hydrogens is 436 g/mol. The van der Waals surface area contributed by atoms with Crippen molar-refractivity contribution in [1.29, 1.82) is 0 Å². The number of carbonyl (C=O) groups excluding carboxylic acids is 2. The molecule has 3 amide bonds. The first-order chi connectivity index (χ1) is 12.9. The lowest BCUT2D eigenvalue weighted by Gasteiger charge is -2.12. The van der Waals surface area contributed by atoms with Crippen LogP contribution >= 0.6 is 27.5 Å². The van der Waals surface area contributed by atoms with Crippen molar-refractivity contribution in [3.63, 3.8) is 0 Å². The van der Waals surface area contributed by atoms with Crippen molar-refractivity contribution in [2.75, 3.05) is 18.6 Å². The standard InChI is InChI=1S/C19H16BrClN2O4/c1-3-27-17-14(20)7-11(9-16(17)26-2)8-15-18(24)23(19(25)22-15)13-6-4-5-12(21)10-13/h4-10H,3H2,1-2H3,(H,22,25)/b15-8+. The second-order valence-electron chi connectivity index (χ2n) is 5.58. The summed E-state index contributed by atoms with van der Waals surface area (Å²) in [6.07, 6.45) is 1.58. The molecule has 140 valence electrons. The summed E-state index contributed by atoms with van der Waals surface area (Å²) < 4.78 is 11.6. The van der Waals surface area contributed by atoms with Crippen molar-refractivity contribution in [1.82, 2.24) is 5.32 Å². The Labute approximate surface area is 169 Å². The van der Waals surface area contributed by atoms with Crippen molar-refractivity contribution in [2.24, 2.45) is 0 Å². The van der Waals surface area contributed by atoms with Crippen LogP contribution in [0.15, 0.2) is 46.6 Å². The average Bonchev–Trinajstić information content (AvgIpc) is 2.90. The van der Waals surface area contributed by atoms with Gasteiger partial charge < -0.3 is 14.8 Å². The van der Waals surface area contributed by atoms with E-state index in [4.69, 9.17) is 21.1 Å². The normalized spacial score (nSPS) is 15.3. The smallest absolute Gasteiger partial charge is 0.333 e.